The molecular weight excluding hydrogens is 288 g/mol. The molecule has 1 aromatic heterocycles. The van der Waals surface area contributed by atoms with E-state index in [0.717, 1.165) is 11.3 Å². The van der Waals surface area contributed by atoms with Crippen LogP contribution < -0.4 is 5.32 Å². The number of rotatable bonds is 3. The van der Waals surface area contributed by atoms with Gasteiger partial charge in [-0.2, -0.15) is 0 Å². The van der Waals surface area contributed by atoms with Crippen molar-refractivity contribution in [1.82, 2.24) is 10.2 Å². The van der Waals surface area contributed by atoms with Crippen molar-refractivity contribution in [2.24, 2.45) is 5.41 Å². The molecule has 2 rings (SSSR count). The maximum atomic E-state index is 12.4. The molecule has 116 valence electrons. The Labute approximate surface area is 129 Å². The van der Waals surface area contributed by atoms with Gasteiger partial charge in [-0.05, 0) is 13.0 Å². The second-order valence-electron chi connectivity index (χ2n) is 6.26. The maximum absolute atomic E-state index is 12.4. The monoisotopic (exact) mass is 310 g/mol. The summed E-state index contributed by atoms with van der Waals surface area (Å²) < 4.78 is 5.21. The summed E-state index contributed by atoms with van der Waals surface area (Å²) in [5.74, 6) is 1.96. The van der Waals surface area contributed by atoms with Gasteiger partial charge in [0, 0.05) is 23.3 Å². The Morgan fingerprint density at radius 1 is 1.48 bits per heavy atom. The van der Waals surface area contributed by atoms with E-state index in [0.29, 0.717) is 18.2 Å². The van der Waals surface area contributed by atoms with Crippen molar-refractivity contribution in [3.63, 3.8) is 0 Å². The highest BCUT2D eigenvalue weighted by atomic mass is 32.2. The van der Waals surface area contributed by atoms with E-state index in [2.05, 4.69) is 5.32 Å². The van der Waals surface area contributed by atoms with Crippen LogP contribution in [0.2, 0.25) is 0 Å². The fraction of sp³-hybridized carbons (Fsp3) is 0.600. The summed E-state index contributed by atoms with van der Waals surface area (Å²) in [7, 11) is 0. The number of carbonyl (C=O) groups excluding carboxylic acids is 2. The Balaban J connectivity index is 1.98. The van der Waals surface area contributed by atoms with Crippen LogP contribution in [0.1, 0.15) is 32.1 Å². The fourth-order valence-corrected chi connectivity index (χ4v) is 3.34. The van der Waals surface area contributed by atoms with Gasteiger partial charge in [0.2, 0.25) is 11.8 Å². The molecule has 5 nitrogen and oxygen atoms in total. The maximum Gasteiger partial charge on any atom is 0.243 e. The normalized spacial score (nSPS) is 18.9. The van der Waals surface area contributed by atoms with Crippen LogP contribution in [-0.2, 0) is 16.1 Å². The number of furan rings is 1. The molecule has 0 spiro atoms. The summed E-state index contributed by atoms with van der Waals surface area (Å²) in [6.07, 6.45) is 1.61. The van der Waals surface area contributed by atoms with E-state index in [1.54, 1.807) is 22.9 Å². The molecule has 1 N–H and O–H groups in total. The quantitative estimate of drug-likeness (QED) is 0.929. The number of aryl methyl sites for hydroxylation is 1. The van der Waals surface area contributed by atoms with Crippen LogP contribution >= 0.6 is 11.8 Å². The molecule has 0 aliphatic carbocycles. The lowest BCUT2D eigenvalue weighted by molar-refractivity contribution is -0.144. The molecule has 2 heterocycles. The Bertz CT molecular complexity index is 533. The highest BCUT2D eigenvalue weighted by Crippen LogP contribution is 2.27. The van der Waals surface area contributed by atoms with Gasteiger partial charge in [0.1, 0.15) is 11.8 Å². The number of hydrogen-bond donors (Lipinski definition) is 1. The predicted molar refractivity (Wildman–Crippen MR) is 82.7 cm³/mol. The third kappa shape index (κ3) is 3.61. The second-order valence-corrected chi connectivity index (χ2v) is 7.26. The summed E-state index contributed by atoms with van der Waals surface area (Å²) in [4.78, 5) is 26.4. The number of nitrogens with zero attached hydrogens (tertiary/aromatic N) is 1. The highest BCUT2D eigenvalue weighted by Gasteiger charge is 2.38. The zero-order chi connectivity index (χ0) is 15.6. The van der Waals surface area contributed by atoms with E-state index >= 15 is 0 Å². The number of amides is 2. The van der Waals surface area contributed by atoms with Gasteiger partial charge < -0.3 is 14.6 Å². The first-order chi connectivity index (χ1) is 9.80. The topological polar surface area (TPSA) is 62.6 Å². The first-order valence-corrected chi connectivity index (χ1v) is 8.15. The zero-order valence-corrected chi connectivity index (χ0v) is 13.8. The lowest BCUT2D eigenvalue weighted by Crippen LogP contribution is -2.50. The van der Waals surface area contributed by atoms with Crippen LogP contribution in [0.25, 0.3) is 0 Å². The highest BCUT2D eigenvalue weighted by molar-refractivity contribution is 7.99. The predicted octanol–water partition coefficient (Wildman–Crippen LogP) is 2.15. The lowest BCUT2D eigenvalue weighted by atomic mass is 9.94. The number of carbonyl (C=O) groups is 2. The van der Waals surface area contributed by atoms with Crippen LogP contribution in [-0.4, -0.2) is 34.4 Å². The Kier molecular flexibility index (Phi) is 4.66. The third-order valence-electron chi connectivity index (χ3n) is 3.51. The molecule has 0 aromatic carbocycles. The Hall–Kier alpha value is -1.43. The largest absolute Gasteiger partial charge is 0.469 e. The van der Waals surface area contributed by atoms with Gasteiger partial charge in [0.25, 0.3) is 0 Å². The third-order valence-corrected chi connectivity index (χ3v) is 4.52. The molecule has 21 heavy (non-hydrogen) atoms. The molecule has 0 radical (unpaired) electrons. The molecule has 2 amide bonds. The van der Waals surface area contributed by atoms with Crippen molar-refractivity contribution in [3.05, 3.63) is 23.7 Å². The standard InChI is InChI=1S/C15H22N2O3S/c1-10-11(5-6-20-10)7-16-13(18)12-8-21-9-17(12)14(19)15(2,3)4/h5-6,12H,7-9H2,1-4H3,(H,16,18)/t12-/m1/s1. The van der Waals surface area contributed by atoms with Crippen molar-refractivity contribution < 1.29 is 14.0 Å². The van der Waals surface area contributed by atoms with Crippen LogP contribution in [0.4, 0.5) is 0 Å². The molecule has 1 aromatic rings. The van der Waals surface area contributed by atoms with E-state index in [1.807, 2.05) is 33.8 Å². The van der Waals surface area contributed by atoms with Gasteiger partial charge in [0.15, 0.2) is 0 Å². The summed E-state index contributed by atoms with van der Waals surface area (Å²) >= 11 is 1.62. The van der Waals surface area contributed by atoms with Gasteiger partial charge in [-0.25, -0.2) is 0 Å². The molecule has 1 atom stereocenters. The van der Waals surface area contributed by atoms with Gasteiger partial charge in [-0.1, -0.05) is 20.8 Å². The van der Waals surface area contributed by atoms with Gasteiger partial charge >= 0.3 is 0 Å². The zero-order valence-electron chi connectivity index (χ0n) is 12.9. The van der Waals surface area contributed by atoms with Crippen molar-refractivity contribution in [2.45, 2.75) is 40.3 Å². The average Bonchev–Trinajstić information content (AvgIpc) is 3.02. The smallest absolute Gasteiger partial charge is 0.243 e. The molecule has 6 heteroatoms. The average molecular weight is 310 g/mol. The minimum absolute atomic E-state index is 0.0205. The summed E-state index contributed by atoms with van der Waals surface area (Å²) in [6, 6.07) is 1.46. The van der Waals surface area contributed by atoms with Crippen LogP contribution in [0.3, 0.4) is 0 Å². The SMILES string of the molecule is Cc1occc1CNC(=O)[C@H]1CSCN1C(=O)C(C)(C)C. The molecule has 1 fully saturated rings. The van der Waals surface area contributed by atoms with E-state index < -0.39 is 5.41 Å². The molecule has 0 bridgehead atoms. The second kappa shape index (κ2) is 6.13. The van der Waals surface area contributed by atoms with Crippen molar-refractivity contribution >= 4 is 23.6 Å². The molecule has 1 aliphatic heterocycles. The van der Waals surface area contributed by atoms with E-state index in [1.165, 1.54) is 0 Å². The Morgan fingerprint density at radius 2 is 2.19 bits per heavy atom. The van der Waals surface area contributed by atoms with Crippen LogP contribution in [0.5, 0.6) is 0 Å². The summed E-state index contributed by atoms with van der Waals surface area (Å²) in [5.41, 5.74) is 0.493. The molecule has 1 aliphatic rings. The fourth-order valence-electron chi connectivity index (χ4n) is 2.19. The van der Waals surface area contributed by atoms with Crippen LogP contribution in [0.15, 0.2) is 16.7 Å². The van der Waals surface area contributed by atoms with E-state index in [-0.39, 0.29) is 17.9 Å². The molecule has 0 unspecified atom stereocenters. The molecule has 0 saturated carbocycles. The van der Waals surface area contributed by atoms with E-state index in [9.17, 15) is 9.59 Å². The first-order valence-electron chi connectivity index (χ1n) is 7.00. The van der Waals surface area contributed by atoms with Crippen LogP contribution in [0, 0.1) is 12.3 Å². The minimum atomic E-state index is -0.468. The summed E-state index contributed by atoms with van der Waals surface area (Å²) in [5, 5.41) is 2.90. The first kappa shape index (κ1) is 15.9. The lowest BCUT2D eigenvalue weighted by Gasteiger charge is -2.29. The van der Waals surface area contributed by atoms with Crippen molar-refractivity contribution in [3.8, 4) is 0 Å². The van der Waals surface area contributed by atoms with Gasteiger partial charge in [-0.15, -0.1) is 11.8 Å². The van der Waals surface area contributed by atoms with Gasteiger partial charge in [0.05, 0.1) is 12.1 Å². The summed E-state index contributed by atoms with van der Waals surface area (Å²) in [6.45, 7) is 7.93. The molecule has 1 saturated heterocycles. The minimum Gasteiger partial charge on any atom is -0.469 e. The van der Waals surface area contributed by atoms with Crippen molar-refractivity contribution in [2.75, 3.05) is 11.6 Å². The number of nitrogens with one attached hydrogen (secondary N) is 1. The van der Waals surface area contributed by atoms with Crippen molar-refractivity contribution in [1.29, 1.82) is 0 Å². The number of hydrogen-bond acceptors (Lipinski definition) is 4. The van der Waals surface area contributed by atoms with Gasteiger partial charge in [-0.3, -0.25) is 9.59 Å². The molecular formula is C15H22N2O3S. The van der Waals surface area contributed by atoms with E-state index in [4.69, 9.17) is 4.42 Å². The Morgan fingerprint density at radius 3 is 2.76 bits per heavy atom. The number of thioether (sulfide) groups is 1.